The Bertz CT molecular complexity index is 573. The molecule has 0 spiro atoms. The number of hydrogen-bond donors (Lipinski definition) is 1. The number of pyridine rings is 1. The molecule has 1 N–H and O–H groups in total. The van der Waals surface area contributed by atoms with Gasteiger partial charge in [-0.25, -0.2) is 5.43 Å². The van der Waals surface area contributed by atoms with E-state index in [9.17, 15) is 4.79 Å². The predicted octanol–water partition coefficient (Wildman–Crippen LogP) is 2.06. The molecule has 0 unspecified atom stereocenters. The van der Waals surface area contributed by atoms with E-state index in [0.29, 0.717) is 5.56 Å². The van der Waals surface area contributed by atoms with E-state index in [2.05, 4.69) is 15.5 Å². The number of carbonyl (C=O) groups is 1. The zero-order valence-corrected chi connectivity index (χ0v) is 10.2. The Labute approximate surface area is 105 Å². The number of furan rings is 1. The Morgan fingerprint density at radius 3 is 2.72 bits per heavy atom. The lowest BCUT2D eigenvalue weighted by atomic mass is 10.2. The van der Waals surface area contributed by atoms with E-state index in [1.807, 2.05) is 19.9 Å². The first kappa shape index (κ1) is 12.0. The van der Waals surface area contributed by atoms with E-state index in [4.69, 9.17) is 4.42 Å². The third kappa shape index (κ3) is 2.82. The first-order chi connectivity index (χ1) is 8.66. The number of carbonyl (C=O) groups excluding carboxylic acids is 1. The lowest BCUT2D eigenvalue weighted by molar-refractivity contribution is 0.0955. The van der Waals surface area contributed by atoms with Crippen molar-refractivity contribution < 1.29 is 9.21 Å². The van der Waals surface area contributed by atoms with Gasteiger partial charge in [0.1, 0.15) is 11.5 Å². The summed E-state index contributed by atoms with van der Waals surface area (Å²) in [7, 11) is 0. The molecule has 0 saturated heterocycles. The molecule has 1 amide bonds. The van der Waals surface area contributed by atoms with E-state index in [0.717, 1.165) is 17.1 Å². The molecule has 2 aromatic rings. The van der Waals surface area contributed by atoms with E-state index >= 15 is 0 Å². The maximum atomic E-state index is 11.6. The van der Waals surface area contributed by atoms with Crippen LogP contribution in [0.2, 0.25) is 0 Å². The quantitative estimate of drug-likeness (QED) is 0.662. The van der Waals surface area contributed by atoms with Crippen LogP contribution in [0.25, 0.3) is 0 Å². The lowest BCUT2D eigenvalue weighted by Gasteiger charge is -1.97. The number of hydrazone groups is 1. The molecule has 0 aliphatic carbocycles. The van der Waals surface area contributed by atoms with Gasteiger partial charge < -0.3 is 4.42 Å². The van der Waals surface area contributed by atoms with Crippen LogP contribution in [0.3, 0.4) is 0 Å². The second kappa shape index (κ2) is 5.27. The van der Waals surface area contributed by atoms with Crippen molar-refractivity contribution in [3.05, 3.63) is 53.2 Å². The molecule has 0 fully saturated rings. The highest BCUT2D eigenvalue weighted by Gasteiger charge is 2.03. The summed E-state index contributed by atoms with van der Waals surface area (Å²) in [4.78, 5) is 15.5. The van der Waals surface area contributed by atoms with Crippen LogP contribution in [-0.2, 0) is 0 Å². The summed E-state index contributed by atoms with van der Waals surface area (Å²) in [5.41, 5.74) is 3.81. The van der Waals surface area contributed by atoms with Crippen LogP contribution in [0, 0.1) is 13.8 Å². The fourth-order valence-corrected chi connectivity index (χ4v) is 1.51. The molecule has 5 heteroatoms. The van der Waals surface area contributed by atoms with Gasteiger partial charge in [0.15, 0.2) is 0 Å². The van der Waals surface area contributed by atoms with Gasteiger partial charge >= 0.3 is 0 Å². The van der Waals surface area contributed by atoms with Crippen molar-refractivity contribution in [3.8, 4) is 0 Å². The lowest BCUT2D eigenvalue weighted by Crippen LogP contribution is -2.17. The number of nitrogens with one attached hydrogen (secondary N) is 1. The molecule has 92 valence electrons. The molecule has 0 aromatic carbocycles. The highest BCUT2D eigenvalue weighted by atomic mass is 16.3. The monoisotopic (exact) mass is 243 g/mol. The van der Waals surface area contributed by atoms with E-state index < -0.39 is 0 Å². The van der Waals surface area contributed by atoms with Gasteiger partial charge in [-0.2, -0.15) is 5.10 Å². The maximum Gasteiger partial charge on any atom is 0.271 e. The number of rotatable bonds is 3. The zero-order valence-electron chi connectivity index (χ0n) is 10.2. The number of aromatic nitrogens is 1. The summed E-state index contributed by atoms with van der Waals surface area (Å²) in [6, 6.07) is 5.10. The minimum Gasteiger partial charge on any atom is -0.466 e. The number of aryl methyl sites for hydroxylation is 2. The molecule has 0 atom stereocenters. The van der Waals surface area contributed by atoms with Crippen LogP contribution in [0.1, 0.15) is 27.4 Å². The van der Waals surface area contributed by atoms with Gasteiger partial charge in [0.25, 0.3) is 5.91 Å². The smallest absolute Gasteiger partial charge is 0.271 e. The Morgan fingerprint density at radius 1 is 1.39 bits per heavy atom. The van der Waals surface area contributed by atoms with Crippen LogP contribution in [0.15, 0.2) is 40.1 Å². The second-order valence-electron chi connectivity index (χ2n) is 3.80. The molecule has 0 aliphatic rings. The average molecular weight is 243 g/mol. The zero-order chi connectivity index (χ0) is 13.0. The number of hydrogen-bond acceptors (Lipinski definition) is 4. The van der Waals surface area contributed by atoms with Crippen LogP contribution in [0.5, 0.6) is 0 Å². The number of amides is 1. The molecule has 2 aromatic heterocycles. The molecular formula is C13H13N3O2. The van der Waals surface area contributed by atoms with Crippen molar-refractivity contribution in [2.75, 3.05) is 0 Å². The Morgan fingerprint density at radius 2 is 2.11 bits per heavy atom. The molecular weight excluding hydrogens is 230 g/mol. The molecule has 2 heterocycles. The molecule has 0 aliphatic heterocycles. The molecule has 0 radical (unpaired) electrons. The molecule has 18 heavy (non-hydrogen) atoms. The molecule has 5 nitrogen and oxygen atoms in total. The normalized spacial score (nSPS) is 10.8. The van der Waals surface area contributed by atoms with Gasteiger partial charge in [-0.1, -0.05) is 0 Å². The van der Waals surface area contributed by atoms with Crippen molar-refractivity contribution in [2.45, 2.75) is 13.8 Å². The first-order valence-electron chi connectivity index (χ1n) is 5.47. The summed E-state index contributed by atoms with van der Waals surface area (Å²) in [5, 5.41) is 3.89. The average Bonchev–Trinajstić information content (AvgIpc) is 2.69. The third-order valence-corrected chi connectivity index (χ3v) is 2.39. The molecule has 0 bridgehead atoms. The fourth-order valence-electron chi connectivity index (χ4n) is 1.51. The third-order valence-electron chi connectivity index (χ3n) is 2.39. The summed E-state index contributed by atoms with van der Waals surface area (Å²) >= 11 is 0. The highest BCUT2D eigenvalue weighted by molar-refractivity contribution is 5.94. The van der Waals surface area contributed by atoms with Crippen molar-refractivity contribution in [3.63, 3.8) is 0 Å². The molecule has 0 saturated carbocycles. The Hall–Kier alpha value is -2.43. The van der Waals surface area contributed by atoms with Gasteiger partial charge in [0, 0.05) is 23.5 Å². The minimum atomic E-state index is -0.272. The second-order valence-corrected chi connectivity index (χ2v) is 3.80. The van der Waals surface area contributed by atoms with Crippen molar-refractivity contribution in [2.24, 2.45) is 5.10 Å². The van der Waals surface area contributed by atoms with E-state index in [-0.39, 0.29) is 5.91 Å². The topological polar surface area (TPSA) is 67.5 Å². The van der Waals surface area contributed by atoms with Gasteiger partial charge in [0.05, 0.1) is 6.21 Å². The SMILES string of the molecule is Cc1cc(/C=N/NC(=O)c2ccncc2)c(C)o1. The maximum absolute atomic E-state index is 11.6. The fraction of sp³-hybridized carbons (Fsp3) is 0.154. The first-order valence-corrected chi connectivity index (χ1v) is 5.47. The van der Waals surface area contributed by atoms with Crippen molar-refractivity contribution in [1.29, 1.82) is 0 Å². The summed E-state index contributed by atoms with van der Waals surface area (Å²) in [6.07, 6.45) is 4.68. The van der Waals surface area contributed by atoms with Crippen LogP contribution >= 0.6 is 0 Å². The van der Waals surface area contributed by atoms with Crippen molar-refractivity contribution >= 4 is 12.1 Å². The predicted molar refractivity (Wildman–Crippen MR) is 67.5 cm³/mol. The van der Waals surface area contributed by atoms with Crippen LogP contribution in [0.4, 0.5) is 0 Å². The van der Waals surface area contributed by atoms with Gasteiger partial charge in [0.2, 0.25) is 0 Å². The largest absolute Gasteiger partial charge is 0.466 e. The van der Waals surface area contributed by atoms with E-state index in [1.54, 1.807) is 30.7 Å². The van der Waals surface area contributed by atoms with E-state index in [1.165, 1.54) is 0 Å². The van der Waals surface area contributed by atoms with Crippen LogP contribution in [-0.4, -0.2) is 17.1 Å². The van der Waals surface area contributed by atoms with Crippen molar-refractivity contribution in [1.82, 2.24) is 10.4 Å². The highest BCUT2D eigenvalue weighted by Crippen LogP contribution is 2.10. The Kier molecular flexibility index (Phi) is 3.52. The van der Waals surface area contributed by atoms with Crippen LogP contribution < -0.4 is 5.43 Å². The van der Waals surface area contributed by atoms with Gasteiger partial charge in [-0.15, -0.1) is 0 Å². The Balaban J connectivity index is 2.00. The number of nitrogens with zero attached hydrogens (tertiary/aromatic N) is 2. The summed E-state index contributed by atoms with van der Waals surface area (Å²) < 4.78 is 5.34. The van der Waals surface area contributed by atoms with Gasteiger partial charge in [-0.05, 0) is 32.0 Å². The standard InChI is InChI=1S/C13H13N3O2/c1-9-7-12(10(2)18-9)8-15-16-13(17)11-3-5-14-6-4-11/h3-8H,1-2H3,(H,16,17)/b15-8+. The molecule has 2 rings (SSSR count). The summed E-state index contributed by atoms with van der Waals surface area (Å²) in [6.45, 7) is 3.71. The van der Waals surface area contributed by atoms with Gasteiger partial charge in [-0.3, -0.25) is 9.78 Å². The summed E-state index contributed by atoms with van der Waals surface area (Å²) in [5.74, 6) is 1.32. The minimum absolute atomic E-state index is 0.272.